The van der Waals surface area contributed by atoms with Gasteiger partial charge in [0.15, 0.2) is 0 Å². The Kier molecular flexibility index (Phi) is 4.56. The van der Waals surface area contributed by atoms with E-state index in [1.165, 1.54) is 11.3 Å². The molecule has 6 heteroatoms. The Morgan fingerprint density at radius 1 is 0.781 bits per heavy atom. The SMILES string of the molecule is O=C(OC1C2CC3CC(C2)CC1C3)N1C(=O)C(c2ccccc2)N(c2ccccc2)C1=O. The summed E-state index contributed by atoms with van der Waals surface area (Å²) in [5, 5.41) is 0. The summed E-state index contributed by atoms with van der Waals surface area (Å²) in [4.78, 5) is 42.2. The van der Waals surface area contributed by atoms with Crippen molar-refractivity contribution in [3.63, 3.8) is 0 Å². The molecule has 164 valence electrons. The van der Waals surface area contributed by atoms with E-state index < -0.39 is 24.1 Å². The number of carbonyl (C=O) groups is 3. The quantitative estimate of drug-likeness (QED) is 0.631. The van der Waals surface area contributed by atoms with Gasteiger partial charge in [-0.15, -0.1) is 0 Å². The van der Waals surface area contributed by atoms with Crippen molar-refractivity contribution in [1.82, 2.24) is 4.90 Å². The average Bonchev–Trinajstić information content (AvgIpc) is 3.07. The second-order valence-electron chi connectivity index (χ2n) is 9.75. The van der Waals surface area contributed by atoms with Gasteiger partial charge in [0, 0.05) is 5.69 Å². The highest BCUT2D eigenvalue weighted by Gasteiger charge is 2.54. The number of anilines is 1. The fourth-order valence-corrected chi connectivity index (χ4v) is 6.73. The Hall–Kier alpha value is -3.15. The molecular formula is C26H26N2O4. The van der Waals surface area contributed by atoms with Crippen LogP contribution in [0.5, 0.6) is 0 Å². The third-order valence-corrected chi connectivity index (χ3v) is 7.82. The normalized spacial score (nSPS) is 33.1. The summed E-state index contributed by atoms with van der Waals surface area (Å²) in [6, 6.07) is 16.6. The zero-order valence-corrected chi connectivity index (χ0v) is 17.8. The number of benzene rings is 2. The van der Waals surface area contributed by atoms with E-state index in [0.29, 0.717) is 23.1 Å². The lowest BCUT2D eigenvalue weighted by Crippen LogP contribution is -2.52. The van der Waals surface area contributed by atoms with Gasteiger partial charge in [0.25, 0.3) is 5.91 Å². The number of rotatable bonds is 3. The molecule has 4 aliphatic carbocycles. The molecule has 1 saturated heterocycles. The monoisotopic (exact) mass is 430 g/mol. The first kappa shape index (κ1) is 19.5. The second kappa shape index (κ2) is 7.47. The number of amides is 4. The van der Waals surface area contributed by atoms with Crippen molar-refractivity contribution in [2.24, 2.45) is 23.7 Å². The van der Waals surface area contributed by atoms with Gasteiger partial charge in [-0.2, -0.15) is 4.90 Å². The molecule has 7 rings (SSSR count). The summed E-state index contributed by atoms with van der Waals surface area (Å²) in [5.41, 5.74) is 1.24. The van der Waals surface area contributed by atoms with E-state index in [1.54, 1.807) is 24.3 Å². The molecule has 0 aromatic heterocycles. The minimum atomic E-state index is -0.892. The van der Waals surface area contributed by atoms with Crippen LogP contribution in [0.3, 0.4) is 0 Å². The molecule has 1 heterocycles. The van der Waals surface area contributed by atoms with Gasteiger partial charge in [-0.05, 0) is 73.5 Å². The highest BCUT2D eigenvalue weighted by atomic mass is 16.6. The Bertz CT molecular complexity index is 969. The van der Waals surface area contributed by atoms with Crippen LogP contribution in [-0.4, -0.2) is 29.0 Å². The van der Waals surface area contributed by atoms with Crippen LogP contribution in [0.25, 0.3) is 0 Å². The highest BCUT2D eigenvalue weighted by Crippen LogP contribution is 2.54. The van der Waals surface area contributed by atoms with Crippen molar-refractivity contribution in [2.45, 2.75) is 44.2 Å². The van der Waals surface area contributed by atoms with Crippen molar-refractivity contribution in [3.8, 4) is 0 Å². The smallest absolute Gasteiger partial charge is 0.425 e. The molecular weight excluding hydrogens is 404 g/mol. The van der Waals surface area contributed by atoms with Crippen LogP contribution in [0.4, 0.5) is 15.3 Å². The molecule has 4 amide bonds. The Balaban J connectivity index is 1.30. The number of urea groups is 1. The maximum atomic E-state index is 13.5. The molecule has 6 nitrogen and oxygen atoms in total. The Labute approximate surface area is 187 Å². The summed E-state index contributed by atoms with van der Waals surface area (Å²) in [5.74, 6) is 1.66. The molecule has 4 bridgehead atoms. The topological polar surface area (TPSA) is 66.9 Å². The third-order valence-electron chi connectivity index (χ3n) is 7.82. The van der Waals surface area contributed by atoms with Crippen molar-refractivity contribution in [1.29, 1.82) is 0 Å². The lowest BCUT2D eigenvalue weighted by atomic mass is 9.55. The number of ether oxygens (including phenoxy) is 1. The molecule has 2 aromatic carbocycles. The number of carbonyl (C=O) groups excluding carboxylic acids is 3. The summed E-state index contributed by atoms with van der Waals surface area (Å²) in [7, 11) is 0. The molecule has 2 aromatic rings. The lowest BCUT2D eigenvalue weighted by molar-refractivity contribution is -0.129. The van der Waals surface area contributed by atoms with Gasteiger partial charge in [-0.3, -0.25) is 9.69 Å². The minimum Gasteiger partial charge on any atom is -0.445 e. The van der Waals surface area contributed by atoms with Gasteiger partial charge in [-0.25, -0.2) is 9.59 Å². The first-order valence-corrected chi connectivity index (χ1v) is 11.6. The Morgan fingerprint density at radius 2 is 1.34 bits per heavy atom. The van der Waals surface area contributed by atoms with E-state index in [0.717, 1.165) is 42.4 Å². The molecule has 1 unspecified atom stereocenters. The Morgan fingerprint density at radius 3 is 1.94 bits per heavy atom. The van der Waals surface area contributed by atoms with E-state index in [9.17, 15) is 14.4 Å². The number of imide groups is 3. The summed E-state index contributed by atoms with van der Waals surface area (Å²) in [6.07, 6.45) is 4.67. The van der Waals surface area contributed by atoms with Crippen molar-refractivity contribution in [2.75, 3.05) is 4.90 Å². The molecule has 1 aliphatic heterocycles. The predicted octanol–water partition coefficient (Wildman–Crippen LogP) is 5.16. The highest BCUT2D eigenvalue weighted by molar-refractivity contribution is 6.22. The van der Waals surface area contributed by atoms with Crippen LogP contribution < -0.4 is 4.90 Å². The molecule has 5 fully saturated rings. The molecule has 0 radical (unpaired) electrons. The van der Waals surface area contributed by atoms with Gasteiger partial charge in [0.1, 0.15) is 12.1 Å². The molecule has 32 heavy (non-hydrogen) atoms. The van der Waals surface area contributed by atoms with Crippen LogP contribution in [0.15, 0.2) is 60.7 Å². The summed E-state index contributed by atoms with van der Waals surface area (Å²) >= 11 is 0. The van der Waals surface area contributed by atoms with Gasteiger partial charge in [0.2, 0.25) is 0 Å². The van der Waals surface area contributed by atoms with Crippen LogP contribution in [0.2, 0.25) is 0 Å². The van der Waals surface area contributed by atoms with E-state index in [4.69, 9.17) is 4.74 Å². The molecule has 0 N–H and O–H groups in total. The van der Waals surface area contributed by atoms with Crippen molar-refractivity contribution in [3.05, 3.63) is 66.2 Å². The van der Waals surface area contributed by atoms with Gasteiger partial charge in [-0.1, -0.05) is 48.5 Å². The van der Waals surface area contributed by atoms with Gasteiger partial charge >= 0.3 is 12.1 Å². The van der Waals surface area contributed by atoms with Crippen molar-refractivity contribution >= 4 is 23.7 Å². The largest absolute Gasteiger partial charge is 0.445 e. The maximum absolute atomic E-state index is 13.5. The first-order chi connectivity index (χ1) is 15.6. The molecule has 4 saturated carbocycles. The van der Waals surface area contributed by atoms with Gasteiger partial charge < -0.3 is 4.74 Å². The van der Waals surface area contributed by atoms with Crippen LogP contribution >= 0.6 is 0 Å². The van der Waals surface area contributed by atoms with Crippen LogP contribution in [-0.2, 0) is 9.53 Å². The van der Waals surface area contributed by atoms with E-state index in [2.05, 4.69) is 0 Å². The number of nitrogens with zero attached hydrogens (tertiary/aromatic N) is 2. The fraction of sp³-hybridized carbons (Fsp3) is 0.423. The number of hydrogen-bond donors (Lipinski definition) is 0. The zero-order valence-electron chi connectivity index (χ0n) is 17.8. The predicted molar refractivity (Wildman–Crippen MR) is 118 cm³/mol. The van der Waals surface area contributed by atoms with E-state index >= 15 is 0 Å². The number of para-hydroxylation sites is 1. The van der Waals surface area contributed by atoms with Crippen LogP contribution in [0, 0.1) is 23.7 Å². The van der Waals surface area contributed by atoms with E-state index in [1.807, 2.05) is 36.4 Å². The summed E-state index contributed by atoms with van der Waals surface area (Å²) < 4.78 is 5.94. The number of hydrogen-bond acceptors (Lipinski definition) is 4. The second-order valence-corrected chi connectivity index (χ2v) is 9.75. The zero-order chi connectivity index (χ0) is 21.8. The molecule has 5 aliphatic rings. The minimum absolute atomic E-state index is 0.183. The molecule has 1 atom stereocenters. The fourth-order valence-electron chi connectivity index (χ4n) is 6.73. The van der Waals surface area contributed by atoms with Crippen molar-refractivity contribution < 1.29 is 19.1 Å². The summed E-state index contributed by atoms with van der Waals surface area (Å²) in [6.45, 7) is 0. The standard InChI is InChI=1S/C26H26N2O4/c29-24-22(18-7-3-1-4-8-18)27(21-9-5-2-6-10-21)25(30)28(24)26(31)32-23-19-12-16-11-17(14-19)15-20(23)13-16/h1-10,16-17,19-20,22-23H,11-15H2. The van der Waals surface area contributed by atoms with E-state index in [-0.39, 0.29) is 6.10 Å². The average molecular weight is 431 g/mol. The van der Waals surface area contributed by atoms with Crippen LogP contribution in [0.1, 0.15) is 43.7 Å². The first-order valence-electron chi connectivity index (χ1n) is 11.6. The maximum Gasteiger partial charge on any atom is 0.425 e. The third kappa shape index (κ3) is 3.04. The molecule has 0 spiro atoms. The van der Waals surface area contributed by atoms with Gasteiger partial charge in [0.05, 0.1) is 0 Å². The lowest BCUT2D eigenvalue weighted by Gasteiger charge is -2.53.